The number of amides is 2. The first-order valence-electron chi connectivity index (χ1n) is 6.05. The fourth-order valence-corrected chi connectivity index (χ4v) is 2.08. The van der Waals surface area contributed by atoms with Crippen molar-refractivity contribution < 1.29 is 24.2 Å². The maximum absolute atomic E-state index is 11.9. The monoisotopic (exact) mass is 258 g/mol. The molecule has 2 aliphatic heterocycles. The van der Waals surface area contributed by atoms with E-state index in [0.717, 1.165) is 4.90 Å². The number of morpholine rings is 1. The maximum atomic E-state index is 11.9. The summed E-state index contributed by atoms with van der Waals surface area (Å²) in [5.74, 6) is -0.261. The van der Waals surface area contributed by atoms with Crippen LogP contribution in [0, 0.1) is 0 Å². The first kappa shape index (κ1) is 13.3. The molecule has 18 heavy (non-hydrogen) atoms. The average molecular weight is 258 g/mol. The molecule has 2 fully saturated rings. The van der Waals surface area contributed by atoms with Crippen LogP contribution in [-0.4, -0.2) is 78.5 Å². The SMILES string of the molecule is CC1COC(CO)CN1CC(=O)N1CCOC1=O. The minimum absolute atomic E-state index is 0.0663. The number of carbonyl (C=O) groups is 2. The van der Waals surface area contributed by atoms with Gasteiger partial charge >= 0.3 is 6.09 Å². The van der Waals surface area contributed by atoms with Crippen LogP contribution in [0.25, 0.3) is 0 Å². The van der Waals surface area contributed by atoms with E-state index < -0.39 is 6.09 Å². The molecule has 0 aromatic heterocycles. The van der Waals surface area contributed by atoms with E-state index in [1.54, 1.807) is 0 Å². The van der Waals surface area contributed by atoms with Gasteiger partial charge in [-0.15, -0.1) is 0 Å². The molecule has 2 amide bonds. The first-order chi connectivity index (χ1) is 8.61. The molecular formula is C11H18N2O5. The topological polar surface area (TPSA) is 79.3 Å². The van der Waals surface area contributed by atoms with Crippen LogP contribution < -0.4 is 0 Å². The molecule has 1 N–H and O–H groups in total. The van der Waals surface area contributed by atoms with Gasteiger partial charge in [0, 0.05) is 12.6 Å². The van der Waals surface area contributed by atoms with Gasteiger partial charge in [-0.2, -0.15) is 0 Å². The summed E-state index contributed by atoms with van der Waals surface area (Å²) in [7, 11) is 0. The zero-order valence-electron chi connectivity index (χ0n) is 10.4. The Morgan fingerprint density at radius 2 is 2.33 bits per heavy atom. The Hall–Kier alpha value is -1.18. The van der Waals surface area contributed by atoms with Crippen molar-refractivity contribution in [2.75, 3.05) is 39.5 Å². The molecule has 0 aromatic rings. The number of rotatable bonds is 3. The zero-order chi connectivity index (χ0) is 13.1. The summed E-state index contributed by atoms with van der Waals surface area (Å²) in [5.41, 5.74) is 0. The van der Waals surface area contributed by atoms with Crippen molar-refractivity contribution in [2.24, 2.45) is 0 Å². The molecule has 2 atom stereocenters. The summed E-state index contributed by atoms with van der Waals surface area (Å²) in [5, 5.41) is 9.06. The quantitative estimate of drug-likeness (QED) is 0.703. The Morgan fingerprint density at radius 3 is 2.94 bits per heavy atom. The molecule has 7 nitrogen and oxygen atoms in total. The highest BCUT2D eigenvalue weighted by molar-refractivity contribution is 5.94. The molecule has 0 spiro atoms. The minimum atomic E-state index is -0.570. The average Bonchev–Trinajstić information content (AvgIpc) is 2.78. The number of cyclic esters (lactones) is 1. The zero-order valence-corrected chi connectivity index (χ0v) is 10.4. The minimum Gasteiger partial charge on any atom is -0.447 e. The van der Waals surface area contributed by atoms with Gasteiger partial charge in [0.25, 0.3) is 0 Å². The normalized spacial score (nSPS) is 29.4. The van der Waals surface area contributed by atoms with Gasteiger partial charge in [0.15, 0.2) is 0 Å². The third-order valence-electron chi connectivity index (χ3n) is 3.24. The first-order valence-corrected chi connectivity index (χ1v) is 6.05. The van der Waals surface area contributed by atoms with E-state index in [9.17, 15) is 9.59 Å². The summed E-state index contributed by atoms with van der Waals surface area (Å²) in [6.45, 7) is 3.58. The highest BCUT2D eigenvalue weighted by Crippen LogP contribution is 2.12. The van der Waals surface area contributed by atoms with Gasteiger partial charge < -0.3 is 14.6 Å². The standard InChI is InChI=1S/C11H18N2O5/c1-8-7-18-9(6-14)4-12(8)5-10(15)13-2-3-17-11(13)16/h8-9,14H,2-7H2,1H3. The van der Waals surface area contributed by atoms with Gasteiger partial charge in [-0.3, -0.25) is 9.69 Å². The van der Waals surface area contributed by atoms with Crippen LogP contribution in [0.15, 0.2) is 0 Å². The molecule has 2 unspecified atom stereocenters. The van der Waals surface area contributed by atoms with E-state index in [2.05, 4.69) is 0 Å². The van der Waals surface area contributed by atoms with Gasteiger partial charge in [0.1, 0.15) is 6.61 Å². The van der Waals surface area contributed by atoms with Crippen molar-refractivity contribution in [2.45, 2.75) is 19.1 Å². The molecule has 2 saturated heterocycles. The van der Waals surface area contributed by atoms with E-state index in [1.165, 1.54) is 0 Å². The number of ether oxygens (including phenoxy) is 2. The maximum Gasteiger partial charge on any atom is 0.416 e. The van der Waals surface area contributed by atoms with Gasteiger partial charge in [-0.05, 0) is 6.92 Å². The summed E-state index contributed by atoms with van der Waals surface area (Å²) in [6, 6.07) is 0.0929. The summed E-state index contributed by atoms with van der Waals surface area (Å²) in [4.78, 5) is 26.2. The number of hydrogen-bond donors (Lipinski definition) is 1. The third-order valence-corrected chi connectivity index (χ3v) is 3.24. The van der Waals surface area contributed by atoms with Gasteiger partial charge in [0.05, 0.1) is 32.4 Å². The van der Waals surface area contributed by atoms with Crippen molar-refractivity contribution >= 4 is 12.0 Å². The second-order valence-electron chi connectivity index (χ2n) is 4.58. The lowest BCUT2D eigenvalue weighted by molar-refractivity contribution is -0.134. The lowest BCUT2D eigenvalue weighted by Crippen LogP contribution is -2.53. The predicted molar refractivity (Wildman–Crippen MR) is 60.9 cm³/mol. The van der Waals surface area contributed by atoms with Crippen LogP contribution in [-0.2, 0) is 14.3 Å². The van der Waals surface area contributed by atoms with Crippen molar-refractivity contribution in [3.05, 3.63) is 0 Å². The third kappa shape index (κ3) is 2.80. The summed E-state index contributed by atoms with van der Waals surface area (Å²) < 4.78 is 10.1. The van der Waals surface area contributed by atoms with Crippen LogP contribution in [0.2, 0.25) is 0 Å². The molecule has 0 radical (unpaired) electrons. The van der Waals surface area contributed by atoms with Crippen LogP contribution in [0.3, 0.4) is 0 Å². The molecule has 7 heteroatoms. The van der Waals surface area contributed by atoms with Gasteiger partial charge in [-0.1, -0.05) is 0 Å². The lowest BCUT2D eigenvalue weighted by Gasteiger charge is -2.37. The molecule has 2 aliphatic rings. The van der Waals surface area contributed by atoms with E-state index in [-0.39, 0.29) is 37.8 Å². The van der Waals surface area contributed by atoms with E-state index in [0.29, 0.717) is 19.7 Å². The second-order valence-corrected chi connectivity index (χ2v) is 4.58. The predicted octanol–water partition coefficient (Wildman–Crippen LogP) is -0.953. The molecular weight excluding hydrogens is 240 g/mol. The molecule has 0 aromatic carbocycles. The highest BCUT2D eigenvalue weighted by Gasteiger charge is 2.32. The number of aliphatic hydroxyl groups excluding tert-OH is 1. The van der Waals surface area contributed by atoms with E-state index in [1.807, 2.05) is 11.8 Å². The van der Waals surface area contributed by atoms with Crippen molar-refractivity contribution in [1.29, 1.82) is 0 Å². The fraction of sp³-hybridized carbons (Fsp3) is 0.818. The Balaban J connectivity index is 1.90. The Morgan fingerprint density at radius 1 is 1.56 bits per heavy atom. The number of nitrogens with zero attached hydrogens (tertiary/aromatic N) is 2. The fourth-order valence-electron chi connectivity index (χ4n) is 2.08. The molecule has 2 rings (SSSR count). The van der Waals surface area contributed by atoms with Crippen molar-refractivity contribution in [1.82, 2.24) is 9.80 Å². The van der Waals surface area contributed by atoms with E-state index in [4.69, 9.17) is 14.6 Å². The Labute approximate surface area is 105 Å². The molecule has 0 aliphatic carbocycles. The Bertz CT molecular complexity index is 335. The molecule has 0 saturated carbocycles. The van der Waals surface area contributed by atoms with Gasteiger partial charge in [-0.25, -0.2) is 9.69 Å². The number of aliphatic hydroxyl groups is 1. The number of hydrogen-bond acceptors (Lipinski definition) is 6. The molecule has 2 heterocycles. The molecule has 102 valence electrons. The lowest BCUT2D eigenvalue weighted by atomic mass is 10.2. The highest BCUT2D eigenvalue weighted by atomic mass is 16.6. The van der Waals surface area contributed by atoms with Crippen LogP contribution in [0.5, 0.6) is 0 Å². The smallest absolute Gasteiger partial charge is 0.416 e. The van der Waals surface area contributed by atoms with Crippen LogP contribution >= 0.6 is 0 Å². The van der Waals surface area contributed by atoms with Crippen molar-refractivity contribution in [3.63, 3.8) is 0 Å². The molecule has 0 bridgehead atoms. The summed E-state index contributed by atoms with van der Waals surface area (Å²) in [6.07, 6.45) is -0.834. The summed E-state index contributed by atoms with van der Waals surface area (Å²) >= 11 is 0. The number of carbonyl (C=O) groups excluding carboxylic acids is 2. The van der Waals surface area contributed by atoms with Crippen molar-refractivity contribution in [3.8, 4) is 0 Å². The number of imide groups is 1. The van der Waals surface area contributed by atoms with Crippen LogP contribution in [0.1, 0.15) is 6.92 Å². The Kier molecular flexibility index (Phi) is 4.15. The van der Waals surface area contributed by atoms with E-state index >= 15 is 0 Å². The van der Waals surface area contributed by atoms with Gasteiger partial charge in [0.2, 0.25) is 5.91 Å². The second kappa shape index (κ2) is 5.64. The van der Waals surface area contributed by atoms with Crippen LogP contribution in [0.4, 0.5) is 4.79 Å². The largest absolute Gasteiger partial charge is 0.447 e.